The van der Waals surface area contributed by atoms with Gasteiger partial charge in [0.1, 0.15) is 0 Å². The van der Waals surface area contributed by atoms with Crippen LogP contribution >= 0.6 is 0 Å². The van der Waals surface area contributed by atoms with Gasteiger partial charge in [-0.15, -0.1) is 11.5 Å². The van der Waals surface area contributed by atoms with Gasteiger partial charge in [0.25, 0.3) is 0 Å². The molecule has 0 bridgehead atoms. The van der Waals surface area contributed by atoms with Crippen molar-refractivity contribution in [2.75, 3.05) is 0 Å². The molecule has 2 aromatic rings. The molecule has 0 aliphatic rings. The van der Waals surface area contributed by atoms with E-state index in [0.717, 1.165) is 11.1 Å². The predicted octanol–water partition coefficient (Wildman–Crippen LogP) is 2.13. The SMILES string of the molecule is Cc1ccccc1[O-].Cc1ccccc1[O-].[Cd+2]. The first-order chi connectivity index (χ1) is 7.61. The molecule has 0 amide bonds. The molecule has 2 aromatic carbocycles. The van der Waals surface area contributed by atoms with Crippen molar-refractivity contribution in [2.45, 2.75) is 13.8 Å². The molecule has 17 heavy (non-hydrogen) atoms. The average Bonchev–Trinajstić information content (AvgIpc) is 2.28. The normalized spacial score (nSPS) is 8.59. The Hall–Kier alpha value is -1.04. The van der Waals surface area contributed by atoms with Crippen LogP contribution < -0.4 is 10.2 Å². The molecule has 84 valence electrons. The Morgan fingerprint density at radius 2 is 0.941 bits per heavy atom. The van der Waals surface area contributed by atoms with Crippen LogP contribution in [0.4, 0.5) is 0 Å². The van der Waals surface area contributed by atoms with Crippen LogP contribution in [0.3, 0.4) is 0 Å². The van der Waals surface area contributed by atoms with Gasteiger partial charge in [-0.25, -0.2) is 0 Å². The Balaban J connectivity index is 0.000000284. The Bertz CT molecular complexity index is 370. The van der Waals surface area contributed by atoms with Crippen molar-refractivity contribution < 1.29 is 37.5 Å². The van der Waals surface area contributed by atoms with Gasteiger partial charge in [-0.1, -0.05) is 59.7 Å². The molecule has 0 fully saturated rings. The van der Waals surface area contributed by atoms with Gasteiger partial charge in [0.2, 0.25) is 0 Å². The molecule has 0 saturated carbocycles. The molecule has 0 heterocycles. The second kappa shape index (κ2) is 8.11. The largest absolute Gasteiger partial charge is 2.00 e. The summed E-state index contributed by atoms with van der Waals surface area (Å²) in [5, 5.41) is 21.2. The molecule has 0 aliphatic heterocycles. The van der Waals surface area contributed by atoms with E-state index in [-0.39, 0.29) is 38.8 Å². The minimum atomic E-state index is 0. The third-order valence-corrected chi connectivity index (χ3v) is 2.19. The first-order valence-corrected chi connectivity index (χ1v) is 5.06. The quantitative estimate of drug-likeness (QED) is 0.696. The summed E-state index contributed by atoms with van der Waals surface area (Å²) in [4.78, 5) is 0. The molecule has 2 nitrogen and oxygen atoms in total. The van der Waals surface area contributed by atoms with Crippen molar-refractivity contribution >= 4 is 0 Å². The summed E-state index contributed by atoms with van der Waals surface area (Å²) < 4.78 is 0. The molecule has 0 aromatic heterocycles. The van der Waals surface area contributed by atoms with Crippen molar-refractivity contribution in [3.8, 4) is 11.5 Å². The van der Waals surface area contributed by atoms with E-state index in [0.29, 0.717) is 0 Å². The third-order valence-electron chi connectivity index (χ3n) is 2.19. The van der Waals surface area contributed by atoms with Crippen LogP contribution in [0.2, 0.25) is 0 Å². The van der Waals surface area contributed by atoms with Crippen LogP contribution in [0.5, 0.6) is 11.5 Å². The maximum atomic E-state index is 10.6. The van der Waals surface area contributed by atoms with E-state index in [1.807, 2.05) is 38.1 Å². The summed E-state index contributed by atoms with van der Waals surface area (Å²) in [6.07, 6.45) is 0. The minimum Gasteiger partial charge on any atom is -0.872 e. The standard InChI is InChI=1S/2C7H8O.Cd/c2*1-6-4-2-3-5-7(6)8;/h2*2-5,8H,1H3;/q;;+2/p-2. The molecule has 2 rings (SSSR count). The van der Waals surface area contributed by atoms with E-state index in [1.165, 1.54) is 0 Å². The number of rotatable bonds is 0. The summed E-state index contributed by atoms with van der Waals surface area (Å²) in [5.74, 6) is 0.236. The maximum absolute atomic E-state index is 10.6. The Kier molecular flexibility index (Phi) is 7.62. The smallest absolute Gasteiger partial charge is 0.872 e. The molecule has 0 atom stereocenters. The van der Waals surface area contributed by atoms with Crippen LogP contribution in [0.15, 0.2) is 48.5 Å². The molecule has 0 saturated heterocycles. The number of benzene rings is 2. The van der Waals surface area contributed by atoms with Gasteiger partial charge in [-0.05, 0) is 13.8 Å². The van der Waals surface area contributed by atoms with Gasteiger partial charge in [0.15, 0.2) is 0 Å². The average molecular weight is 327 g/mol. The van der Waals surface area contributed by atoms with Gasteiger partial charge in [0.05, 0.1) is 0 Å². The van der Waals surface area contributed by atoms with Crippen molar-refractivity contribution in [3.63, 3.8) is 0 Å². The van der Waals surface area contributed by atoms with E-state index >= 15 is 0 Å². The fourth-order valence-corrected chi connectivity index (χ4v) is 1.11. The number of hydrogen-bond acceptors (Lipinski definition) is 2. The van der Waals surface area contributed by atoms with Crippen molar-refractivity contribution in [2.24, 2.45) is 0 Å². The molecule has 0 aliphatic carbocycles. The Morgan fingerprint density at radius 3 is 1.12 bits per heavy atom. The molecular formula is C14H14CdO2. The van der Waals surface area contributed by atoms with Gasteiger partial charge in [-0.2, -0.15) is 0 Å². The fraction of sp³-hybridized carbons (Fsp3) is 0.143. The zero-order valence-corrected chi connectivity index (χ0v) is 14.2. The molecule has 0 N–H and O–H groups in total. The van der Waals surface area contributed by atoms with Crippen molar-refractivity contribution in [3.05, 3.63) is 59.7 Å². The van der Waals surface area contributed by atoms with Crippen LogP contribution in [0, 0.1) is 13.8 Å². The second-order valence-electron chi connectivity index (χ2n) is 3.53. The predicted molar refractivity (Wildman–Crippen MR) is 61.3 cm³/mol. The monoisotopic (exact) mass is 328 g/mol. The van der Waals surface area contributed by atoms with E-state index in [9.17, 15) is 10.2 Å². The van der Waals surface area contributed by atoms with E-state index < -0.39 is 0 Å². The zero-order valence-electron chi connectivity index (χ0n) is 10.1. The van der Waals surface area contributed by atoms with Crippen LogP contribution in [0.25, 0.3) is 0 Å². The molecule has 3 heteroatoms. The molecule has 0 radical (unpaired) electrons. The van der Waals surface area contributed by atoms with Crippen molar-refractivity contribution in [1.29, 1.82) is 0 Å². The summed E-state index contributed by atoms with van der Waals surface area (Å²) in [7, 11) is 0. The Labute approximate surface area is 122 Å². The van der Waals surface area contributed by atoms with Crippen LogP contribution in [-0.4, -0.2) is 0 Å². The fourth-order valence-electron chi connectivity index (χ4n) is 1.11. The summed E-state index contributed by atoms with van der Waals surface area (Å²) >= 11 is 0. The van der Waals surface area contributed by atoms with Crippen LogP contribution in [0.1, 0.15) is 11.1 Å². The topological polar surface area (TPSA) is 46.1 Å². The second-order valence-corrected chi connectivity index (χ2v) is 3.53. The zero-order chi connectivity index (χ0) is 12.0. The van der Waals surface area contributed by atoms with Crippen molar-refractivity contribution in [1.82, 2.24) is 0 Å². The van der Waals surface area contributed by atoms with Gasteiger partial charge in [-0.3, -0.25) is 0 Å². The number of para-hydroxylation sites is 2. The van der Waals surface area contributed by atoms with E-state index in [4.69, 9.17) is 0 Å². The molecule has 0 unspecified atom stereocenters. The number of aryl methyl sites for hydroxylation is 2. The van der Waals surface area contributed by atoms with Gasteiger partial charge >= 0.3 is 27.3 Å². The first kappa shape index (κ1) is 16.0. The maximum Gasteiger partial charge on any atom is 2.00 e. The first-order valence-electron chi connectivity index (χ1n) is 5.06. The van der Waals surface area contributed by atoms with Gasteiger partial charge < -0.3 is 10.2 Å². The Morgan fingerprint density at radius 1 is 0.647 bits per heavy atom. The minimum absolute atomic E-state index is 0. The molecule has 0 spiro atoms. The van der Waals surface area contributed by atoms with Gasteiger partial charge in [0, 0.05) is 0 Å². The van der Waals surface area contributed by atoms with E-state index in [2.05, 4.69) is 0 Å². The summed E-state index contributed by atoms with van der Waals surface area (Å²) in [5.41, 5.74) is 1.63. The van der Waals surface area contributed by atoms with E-state index in [1.54, 1.807) is 24.3 Å². The third kappa shape index (κ3) is 5.72. The van der Waals surface area contributed by atoms with Crippen LogP contribution in [-0.2, 0) is 27.3 Å². The molecular weight excluding hydrogens is 313 g/mol. The summed E-state index contributed by atoms with van der Waals surface area (Å²) in [6, 6.07) is 14.0. The summed E-state index contributed by atoms with van der Waals surface area (Å²) in [6.45, 7) is 3.62. The number of hydrogen-bond donors (Lipinski definition) is 0.